The molecule has 4 heterocycles. The van der Waals surface area contributed by atoms with Crippen molar-refractivity contribution in [1.82, 2.24) is 24.6 Å². The maximum absolute atomic E-state index is 13.9. The zero-order chi connectivity index (χ0) is 28.4. The van der Waals surface area contributed by atoms with Crippen LogP contribution in [0.5, 0.6) is 0 Å². The lowest BCUT2D eigenvalue weighted by Crippen LogP contribution is -2.49. The SMILES string of the molecule is CCSc1cc(C2(Cc3nncn3C)COC2)cc(N2Cc3c(C=O)cc(CN(CC)CC(C)C)cc3C2=O)n1. The Morgan fingerprint density at radius 2 is 2.00 bits per heavy atom. The molecule has 0 radical (unpaired) electrons. The number of nitrogens with zero attached hydrogens (tertiary/aromatic N) is 6. The van der Waals surface area contributed by atoms with Gasteiger partial charge in [0.05, 0.1) is 24.8 Å². The van der Waals surface area contributed by atoms with Gasteiger partial charge in [-0.15, -0.1) is 22.0 Å². The fourth-order valence-corrected chi connectivity index (χ4v) is 6.27. The average Bonchev–Trinajstić information content (AvgIpc) is 3.47. The van der Waals surface area contributed by atoms with E-state index in [1.807, 2.05) is 29.8 Å². The van der Waals surface area contributed by atoms with E-state index >= 15 is 0 Å². The highest BCUT2D eigenvalue weighted by molar-refractivity contribution is 7.99. The van der Waals surface area contributed by atoms with Gasteiger partial charge in [-0.25, -0.2) is 4.98 Å². The van der Waals surface area contributed by atoms with Crippen LogP contribution in [0.2, 0.25) is 0 Å². The number of benzene rings is 1. The van der Waals surface area contributed by atoms with Gasteiger partial charge in [0.2, 0.25) is 0 Å². The van der Waals surface area contributed by atoms with Crippen molar-refractivity contribution < 1.29 is 14.3 Å². The van der Waals surface area contributed by atoms with Crippen LogP contribution in [0.25, 0.3) is 0 Å². The van der Waals surface area contributed by atoms with Gasteiger partial charge in [-0.3, -0.25) is 19.4 Å². The molecule has 40 heavy (non-hydrogen) atoms. The molecule has 0 atom stereocenters. The van der Waals surface area contributed by atoms with E-state index in [0.717, 1.165) is 52.7 Å². The average molecular weight is 563 g/mol. The Balaban J connectivity index is 1.49. The van der Waals surface area contributed by atoms with Crippen LogP contribution in [0.15, 0.2) is 35.6 Å². The van der Waals surface area contributed by atoms with Gasteiger partial charge in [0, 0.05) is 43.1 Å². The summed E-state index contributed by atoms with van der Waals surface area (Å²) in [5, 5.41) is 9.23. The first-order valence-electron chi connectivity index (χ1n) is 14.0. The van der Waals surface area contributed by atoms with Crippen LogP contribution in [0.1, 0.15) is 70.9 Å². The van der Waals surface area contributed by atoms with Gasteiger partial charge in [0.25, 0.3) is 5.91 Å². The second-order valence-corrected chi connectivity index (χ2v) is 12.5. The van der Waals surface area contributed by atoms with Crippen LogP contribution in [-0.4, -0.2) is 68.9 Å². The van der Waals surface area contributed by atoms with Crippen molar-refractivity contribution in [2.45, 2.75) is 57.6 Å². The van der Waals surface area contributed by atoms with E-state index in [2.05, 4.69) is 48.9 Å². The minimum atomic E-state index is -0.266. The summed E-state index contributed by atoms with van der Waals surface area (Å²) in [6.45, 7) is 12.6. The van der Waals surface area contributed by atoms with Crippen molar-refractivity contribution >= 4 is 29.8 Å². The number of aldehydes is 1. The monoisotopic (exact) mass is 562 g/mol. The summed E-state index contributed by atoms with van der Waals surface area (Å²) in [5.74, 6) is 2.77. The number of hydrogen-bond donors (Lipinski definition) is 0. The summed E-state index contributed by atoms with van der Waals surface area (Å²) in [7, 11) is 1.94. The van der Waals surface area contributed by atoms with Crippen LogP contribution in [0.4, 0.5) is 5.82 Å². The van der Waals surface area contributed by atoms with E-state index in [4.69, 9.17) is 9.72 Å². The first kappa shape index (κ1) is 28.4. The van der Waals surface area contributed by atoms with Crippen molar-refractivity contribution in [1.29, 1.82) is 0 Å². The minimum Gasteiger partial charge on any atom is -0.379 e. The van der Waals surface area contributed by atoms with E-state index < -0.39 is 0 Å². The number of pyridine rings is 1. The number of aryl methyl sites for hydroxylation is 1. The summed E-state index contributed by atoms with van der Waals surface area (Å²) in [6, 6.07) is 8.04. The third-order valence-corrected chi connectivity index (χ3v) is 8.56. The number of carbonyl (C=O) groups excluding carboxylic acids is 2. The van der Waals surface area contributed by atoms with E-state index in [9.17, 15) is 9.59 Å². The van der Waals surface area contributed by atoms with Gasteiger partial charge in [0.15, 0.2) is 0 Å². The van der Waals surface area contributed by atoms with Gasteiger partial charge in [-0.2, -0.15) is 0 Å². The smallest absolute Gasteiger partial charge is 0.260 e. The molecule has 0 spiro atoms. The molecule has 0 bridgehead atoms. The third-order valence-electron chi connectivity index (χ3n) is 7.77. The molecule has 212 valence electrons. The summed E-state index contributed by atoms with van der Waals surface area (Å²) < 4.78 is 7.65. The van der Waals surface area contributed by atoms with Crippen LogP contribution in [0, 0.1) is 5.92 Å². The zero-order valence-corrected chi connectivity index (χ0v) is 24.8. The van der Waals surface area contributed by atoms with Crippen molar-refractivity contribution in [2.75, 3.05) is 37.0 Å². The molecule has 2 aliphatic heterocycles. The molecule has 1 amide bonds. The number of fused-ring (bicyclic) bond motifs is 1. The molecule has 2 aliphatic rings. The Kier molecular flexibility index (Phi) is 8.39. The molecule has 3 aromatic rings. The van der Waals surface area contributed by atoms with Gasteiger partial charge in [-0.05, 0) is 59.2 Å². The molecule has 0 aliphatic carbocycles. The summed E-state index contributed by atoms with van der Waals surface area (Å²) in [6.07, 6.45) is 3.27. The van der Waals surface area contributed by atoms with E-state index in [-0.39, 0.29) is 11.3 Å². The predicted molar refractivity (Wildman–Crippen MR) is 156 cm³/mol. The first-order chi connectivity index (χ1) is 19.3. The fourth-order valence-electron chi connectivity index (χ4n) is 5.61. The third kappa shape index (κ3) is 5.57. The number of thioether (sulfide) groups is 1. The van der Waals surface area contributed by atoms with E-state index in [1.54, 1.807) is 23.0 Å². The van der Waals surface area contributed by atoms with E-state index in [0.29, 0.717) is 55.6 Å². The molecule has 0 N–H and O–H groups in total. The Morgan fingerprint density at radius 3 is 2.60 bits per heavy atom. The second kappa shape index (κ2) is 11.8. The molecule has 0 saturated carbocycles. The fraction of sp³-hybridized carbons (Fsp3) is 0.500. The Hall–Kier alpha value is -3.08. The second-order valence-electron chi connectivity index (χ2n) is 11.2. The highest BCUT2D eigenvalue weighted by Crippen LogP contribution is 2.40. The highest BCUT2D eigenvalue weighted by atomic mass is 32.2. The van der Waals surface area contributed by atoms with Gasteiger partial charge >= 0.3 is 0 Å². The maximum Gasteiger partial charge on any atom is 0.260 e. The van der Waals surface area contributed by atoms with Crippen LogP contribution in [0.3, 0.4) is 0 Å². The lowest BCUT2D eigenvalue weighted by molar-refractivity contribution is -0.0612. The number of amides is 1. The quantitative estimate of drug-likeness (QED) is 0.239. The van der Waals surface area contributed by atoms with Crippen molar-refractivity contribution in [3.05, 3.63) is 64.2 Å². The minimum absolute atomic E-state index is 0.115. The first-order valence-corrected chi connectivity index (χ1v) is 15.0. The molecule has 10 heteroatoms. The molecule has 1 fully saturated rings. The largest absolute Gasteiger partial charge is 0.379 e. The lowest BCUT2D eigenvalue weighted by Gasteiger charge is -2.42. The number of aromatic nitrogens is 4. The van der Waals surface area contributed by atoms with Crippen LogP contribution in [-0.2, 0) is 36.7 Å². The topological polar surface area (TPSA) is 93.5 Å². The molecule has 1 aromatic carbocycles. The van der Waals surface area contributed by atoms with Crippen molar-refractivity contribution in [2.24, 2.45) is 13.0 Å². The number of anilines is 1. The van der Waals surface area contributed by atoms with Gasteiger partial charge in [-0.1, -0.05) is 27.7 Å². The number of carbonyl (C=O) groups is 2. The van der Waals surface area contributed by atoms with Gasteiger partial charge in [0.1, 0.15) is 24.3 Å². The molecular formula is C30H38N6O3S. The molecule has 2 aromatic heterocycles. The summed E-state index contributed by atoms with van der Waals surface area (Å²) >= 11 is 1.65. The standard InChI is InChI=1S/C30H38N6O3S/c1-6-35(13-20(3)4)14-21-8-22(16-37)25-15-36(29(38)24(25)9-21)26-10-23(11-28(32-26)40-7-2)30(17-39-18-30)12-27-33-31-19-34(27)5/h8-11,16,19-20H,6-7,12-15,17-18H2,1-5H3. The maximum atomic E-state index is 13.9. The number of ether oxygens (including phenoxy) is 1. The zero-order valence-electron chi connectivity index (χ0n) is 24.0. The van der Waals surface area contributed by atoms with Crippen molar-refractivity contribution in [3.8, 4) is 0 Å². The summed E-state index contributed by atoms with van der Waals surface area (Å²) in [5.41, 5.74) is 3.74. The summed E-state index contributed by atoms with van der Waals surface area (Å²) in [4.78, 5) is 35.0. The number of rotatable bonds is 12. The Labute approximate surface area is 240 Å². The Bertz CT molecular complexity index is 1400. The molecular weight excluding hydrogens is 524 g/mol. The van der Waals surface area contributed by atoms with Crippen molar-refractivity contribution in [3.63, 3.8) is 0 Å². The van der Waals surface area contributed by atoms with Gasteiger partial charge < -0.3 is 9.30 Å². The normalized spacial score (nSPS) is 16.1. The lowest BCUT2D eigenvalue weighted by atomic mass is 9.76. The van der Waals surface area contributed by atoms with Crippen LogP contribution < -0.4 is 4.90 Å². The number of hydrogen-bond acceptors (Lipinski definition) is 8. The van der Waals surface area contributed by atoms with Crippen LogP contribution >= 0.6 is 11.8 Å². The molecule has 0 unspecified atom stereocenters. The Morgan fingerprint density at radius 1 is 1.20 bits per heavy atom. The predicted octanol–water partition coefficient (Wildman–Crippen LogP) is 4.28. The molecule has 5 rings (SSSR count). The highest BCUT2D eigenvalue weighted by Gasteiger charge is 2.43. The van der Waals surface area contributed by atoms with E-state index in [1.165, 1.54) is 0 Å². The molecule has 1 saturated heterocycles. The molecule has 9 nitrogen and oxygen atoms in total.